The van der Waals surface area contributed by atoms with Crippen LogP contribution in [0.1, 0.15) is 52.8 Å². The van der Waals surface area contributed by atoms with E-state index in [1.165, 1.54) is 0 Å². The highest BCUT2D eigenvalue weighted by molar-refractivity contribution is 6.30. The number of carbonyl (C=O) groups is 3. The summed E-state index contributed by atoms with van der Waals surface area (Å²) >= 11 is 5.95. The Balaban J connectivity index is 1.29. The summed E-state index contributed by atoms with van der Waals surface area (Å²) in [5, 5.41) is 3.61. The lowest BCUT2D eigenvalue weighted by molar-refractivity contribution is -0.136. The number of likely N-dealkylation sites (tertiary alicyclic amines) is 2. The third kappa shape index (κ3) is 5.28. The van der Waals surface area contributed by atoms with E-state index in [0.717, 1.165) is 19.3 Å². The van der Waals surface area contributed by atoms with E-state index in [0.29, 0.717) is 66.7 Å². The molecule has 0 aliphatic carbocycles. The topological polar surface area (TPSA) is 88.2 Å². The molecule has 0 saturated carbocycles. The molecule has 0 bridgehead atoms. The Morgan fingerprint density at radius 2 is 1.50 bits per heavy atom. The van der Waals surface area contributed by atoms with Crippen LogP contribution in [0.2, 0.25) is 5.02 Å². The number of nitrogens with zero attached hydrogens (tertiary/aromatic N) is 2. The van der Waals surface area contributed by atoms with Crippen LogP contribution in [0.5, 0.6) is 11.5 Å². The molecule has 2 aromatic carbocycles. The molecule has 3 aliphatic rings. The molecule has 3 amide bonds. The molecule has 190 valence electrons. The lowest BCUT2D eigenvalue weighted by Gasteiger charge is -2.38. The molecule has 9 heteroatoms. The predicted octanol–water partition coefficient (Wildman–Crippen LogP) is 3.73. The molecule has 1 unspecified atom stereocenters. The van der Waals surface area contributed by atoms with E-state index in [9.17, 15) is 14.4 Å². The highest BCUT2D eigenvalue weighted by Crippen LogP contribution is 2.33. The summed E-state index contributed by atoms with van der Waals surface area (Å²) in [6.45, 7) is 2.60. The van der Waals surface area contributed by atoms with Gasteiger partial charge >= 0.3 is 0 Å². The fourth-order valence-electron chi connectivity index (χ4n) is 5.17. The molecule has 3 aliphatic heterocycles. The molecule has 0 radical (unpaired) electrons. The van der Waals surface area contributed by atoms with Gasteiger partial charge in [-0.15, -0.1) is 0 Å². The van der Waals surface area contributed by atoms with Gasteiger partial charge in [0.1, 0.15) is 6.04 Å². The zero-order valence-electron chi connectivity index (χ0n) is 20.1. The standard InChI is InChI=1S/C27H30ClN3O5/c28-21-7-4-19(5-8-21)26(33)31-14-10-18(11-15-31)24(27(34)30-12-2-1-3-13-30)29-25(32)20-6-9-22-23(16-20)36-17-35-22/h4-9,16,18,24H,1-3,10-15,17H2,(H,29,32). The van der Waals surface area contributed by atoms with Gasteiger partial charge in [0.25, 0.3) is 11.8 Å². The molecule has 36 heavy (non-hydrogen) atoms. The van der Waals surface area contributed by atoms with Gasteiger partial charge < -0.3 is 24.6 Å². The fraction of sp³-hybridized carbons (Fsp3) is 0.444. The van der Waals surface area contributed by atoms with Gasteiger partial charge in [0.2, 0.25) is 12.7 Å². The quantitative estimate of drug-likeness (QED) is 0.661. The zero-order valence-corrected chi connectivity index (χ0v) is 20.8. The third-order valence-electron chi connectivity index (χ3n) is 7.24. The average molecular weight is 512 g/mol. The second-order valence-electron chi connectivity index (χ2n) is 9.54. The maximum absolute atomic E-state index is 13.6. The second kappa shape index (κ2) is 10.8. The number of ether oxygens (including phenoxy) is 2. The number of carbonyl (C=O) groups excluding carboxylic acids is 3. The molecule has 5 rings (SSSR count). The number of halogens is 1. The molecule has 0 spiro atoms. The van der Waals surface area contributed by atoms with Gasteiger partial charge in [0, 0.05) is 42.3 Å². The van der Waals surface area contributed by atoms with Crippen molar-refractivity contribution in [2.45, 2.75) is 38.1 Å². The van der Waals surface area contributed by atoms with Gasteiger partial charge in [-0.25, -0.2) is 0 Å². The van der Waals surface area contributed by atoms with Crippen LogP contribution in [-0.4, -0.2) is 66.5 Å². The van der Waals surface area contributed by atoms with Gasteiger partial charge in [-0.2, -0.15) is 0 Å². The molecule has 1 N–H and O–H groups in total. The van der Waals surface area contributed by atoms with E-state index in [4.69, 9.17) is 21.1 Å². The molecule has 2 aromatic rings. The van der Waals surface area contributed by atoms with E-state index >= 15 is 0 Å². The van der Waals surface area contributed by atoms with E-state index in [2.05, 4.69) is 5.32 Å². The number of nitrogens with one attached hydrogen (secondary N) is 1. The molecular formula is C27H30ClN3O5. The summed E-state index contributed by atoms with van der Waals surface area (Å²) < 4.78 is 10.7. The highest BCUT2D eigenvalue weighted by Gasteiger charge is 2.37. The summed E-state index contributed by atoms with van der Waals surface area (Å²) in [5.41, 5.74) is 1.01. The van der Waals surface area contributed by atoms with Gasteiger partial charge in [-0.05, 0) is 80.5 Å². The van der Waals surface area contributed by atoms with E-state index in [-0.39, 0.29) is 30.4 Å². The Hall–Kier alpha value is -3.26. The van der Waals surface area contributed by atoms with Crippen molar-refractivity contribution in [2.24, 2.45) is 5.92 Å². The van der Waals surface area contributed by atoms with Crippen molar-refractivity contribution in [1.29, 1.82) is 0 Å². The predicted molar refractivity (Wildman–Crippen MR) is 134 cm³/mol. The molecule has 3 heterocycles. The van der Waals surface area contributed by atoms with Crippen molar-refractivity contribution < 1.29 is 23.9 Å². The Bertz CT molecular complexity index is 1120. The van der Waals surface area contributed by atoms with Crippen LogP contribution in [-0.2, 0) is 4.79 Å². The first-order valence-corrected chi connectivity index (χ1v) is 12.9. The normalized spacial score (nSPS) is 18.6. The Morgan fingerprint density at radius 3 is 2.22 bits per heavy atom. The zero-order chi connectivity index (χ0) is 25.1. The molecule has 2 fully saturated rings. The van der Waals surface area contributed by atoms with Crippen molar-refractivity contribution in [2.75, 3.05) is 33.0 Å². The van der Waals surface area contributed by atoms with Gasteiger partial charge in [0.15, 0.2) is 11.5 Å². The summed E-state index contributed by atoms with van der Waals surface area (Å²) in [7, 11) is 0. The fourth-order valence-corrected chi connectivity index (χ4v) is 5.29. The number of hydrogen-bond donors (Lipinski definition) is 1. The largest absolute Gasteiger partial charge is 0.454 e. The van der Waals surface area contributed by atoms with Crippen LogP contribution in [0, 0.1) is 5.92 Å². The Morgan fingerprint density at radius 1 is 0.833 bits per heavy atom. The van der Waals surface area contributed by atoms with Gasteiger partial charge in [-0.3, -0.25) is 14.4 Å². The number of benzene rings is 2. The minimum Gasteiger partial charge on any atom is -0.454 e. The number of rotatable bonds is 5. The van der Waals surface area contributed by atoms with E-state index < -0.39 is 6.04 Å². The average Bonchev–Trinajstić information content (AvgIpc) is 3.40. The summed E-state index contributed by atoms with van der Waals surface area (Å²) in [4.78, 5) is 43.4. The van der Waals surface area contributed by atoms with Gasteiger partial charge in [0.05, 0.1) is 0 Å². The maximum atomic E-state index is 13.6. The summed E-state index contributed by atoms with van der Waals surface area (Å²) in [6.07, 6.45) is 4.32. The first-order valence-electron chi connectivity index (χ1n) is 12.5. The van der Waals surface area contributed by atoms with Crippen LogP contribution in [0.3, 0.4) is 0 Å². The highest BCUT2D eigenvalue weighted by atomic mass is 35.5. The van der Waals surface area contributed by atoms with Gasteiger partial charge in [-0.1, -0.05) is 11.6 Å². The molecule has 2 saturated heterocycles. The Kier molecular flexibility index (Phi) is 7.32. The lowest BCUT2D eigenvalue weighted by atomic mass is 9.87. The van der Waals surface area contributed by atoms with Crippen molar-refractivity contribution >= 4 is 29.3 Å². The maximum Gasteiger partial charge on any atom is 0.253 e. The number of amides is 3. The van der Waals surface area contributed by atoms with Crippen LogP contribution >= 0.6 is 11.6 Å². The molecule has 8 nitrogen and oxygen atoms in total. The monoisotopic (exact) mass is 511 g/mol. The van der Waals surface area contributed by atoms with E-state index in [1.807, 2.05) is 9.80 Å². The van der Waals surface area contributed by atoms with Crippen LogP contribution in [0.4, 0.5) is 0 Å². The minimum absolute atomic E-state index is 0.0359. The first-order chi connectivity index (χ1) is 17.5. The minimum atomic E-state index is -0.645. The molecular weight excluding hydrogens is 482 g/mol. The number of fused-ring (bicyclic) bond motifs is 1. The van der Waals surface area contributed by atoms with Crippen molar-refractivity contribution in [3.05, 3.63) is 58.6 Å². The van der Waals surface area contributed by atoms with Crippen LogP contribution in [0.15, 0.2) is 42.5 Å². The molecule has 0 aromatic heterocycles. The SMILES string of the molecule is O=C(NC(C(=O)N1CCCCC1)C1CCN(C(=O)c2ccc(Cl)cc2)CC1)c1ccc2c(c1)OCO2. The first kappa shape index (κ1) is 24.4. The summed E-state index contributed by atoms with van der Waals surface area (Å²) in [5.74, 6) is 0.662. The third-order valence-corrected chi connectivity index (χ3v) is 7.50. The van der Waals surface area contributed by atoms with Crippen molar-refractivity contribution in [3.8, 4) is 11.5 Å². The lowest BCUT2D eigenvalue weighted by Crippen LogP contribution is -2.55. The summed E-state index contributed by atoms with van der Waals surface area (Å²) in [6, 6.07) is 11.3. The van der Waals surface area contributed by atoms with Crippen LogP contribution in [0.25, 0.3) is 0 Å². The number of piperidine rings is 2. The smallest absolute Gasteiger partial charge is 0.253 e. The molecule has 1 atom stereocenters. The van der Waals surface area contributed by atoms with Crippen molar-refractivity contribution in [1.82, 2.24) is 15.1 Å². The number of hydrogen-bond acceptors (Lipinski definition) is 5. The van der Waals surface area contributed by atoms with Crippen molar-refractivity contribution in [3.63, 3.8) is 0 Å². The second-order valence-corrected chi connectivity index (χ2v) is 9.98. The van der Waals surface area contributed by atoms with E-state index in [1.54, 1.807) is 42.5 Å². The van der Waals surface area contributed by atoms with Crippen LogP contribution < -0.4 is 14.8 Å². The Labute approximate surface area is 215 Å².